The Morgan fingerprint density at radius 1 is 1.30 bits per heavy atom. The third kappa shape index (κ3) is 6.73. The lowest BCUT2D eigenvalue weighted by Gasteiger charge is -2.23. The zero-order valence-corrected chi connectivity index (χ0v) is 12.3. The molecule has 0 aliphatic heterocycles. The van der Waals surface area contributed by atoms with Gasteiger partial charge in [0.2, 0.25) is 11.8 Å². The van der Waals surface area contributed by atoms with E-state index < -0.39 is 36.0 Å². The van der Waals surface area contributed by atoms with Gasteiger partial charge in [-0.25, -0.2) is 4.79 Å². The molecule has 116 valence electrons. The lowest BCUT2D eigenvalue weighted by atomic mass is 10.1. The number of aliphatic hydroxyl groups is 1. The number of hydrogen-bond acceptors (Lipinski definition) is 6. The highest BCUT2D eigenvalue weighted by Gasteiger charge is 2.29. The van der Waals surface area contributed by atoms with Crippen molar-refractivity contribution in [2.24, 2.45) is 5.73 Å². The Hall–Kier alpha value is -1.32. The first kappa shape index (κ1) is 18.7. The fraction of sp³-hybridized carbons (Fsp3) is 0.727. The molecule has 20 heavy (non-hydrogen) atoms. The predicted octanol–water partition coefficient (Wildman–Crippen LogP) is -1.87. The molecule has 0 saturated heterocycles. The van der Waals surface area contributed by atoms with Gasteiger partial charge < -0.3 is 26.6 Å². The summed E-state index contributed by atoms with van der Waals surface area (Å²) in [5.74, 6) is -1.97. The molecule has 0 aliphatic rings. The van der Waals surface area contributed by atoms with Gasteiger partial charge in [-0.2, -0.15) is 11.8 Å². The van der Waals surface area contributed by atoms with Crippen LogP contribution in [0.5, 0.6) is 0 Å². The molecule has 9 heteroatoms. The molecule has 0 rings (SSSR count). The number of nitrogens with two attached hydrogens (primary N) is 1. The maximum Gasteiger partial charge on any atom is 0.326 e. The molecule has 0 aromatic carbocycles. The van der Waals surface area contributed by atoms with E-state index in [0.29, 0.717) is 5.75 Å². The van der Waals surface area contributed by atoms with Crippen LogP contribution in [0.15, 0.2) is 0 Å². The number of aliphatic carboxylic acids is 1. The van der Waals surface area contributed by atoms with Crippen molar-refractivity contribution >= 4 is 29.5 Å². The van der Waals surface area contributed by atoms with Gasteiger partial charge in [-0.1, -0.05) is 0 Å². The van der Waals surface area contributed by atoms with Gasteiger partial charge >= 0.3 is 5.97 Å². The number of nitrogens with one attached hydrogen (secondary N) is 2. The molecule has 0 aromatic heterocycles. The minimum Gasteiger partial charge on any atom is -0.480 e. The van der Waals surface area contributed by atoms with Gasteiger partial charge in [-0.15, -0.1) is 0 Å². The van der Waals surface area contributed by atoms with Crippen LogP contribution in [0, 0.1) is 0 Å². The Kier molecular flexibility index (Phi) is 8.93. The van der Waals surface area contributed by atoms with E-state index in [9.17, 15) is 19.5 Å². The maximum absolute atomic E-state index is 11.9. The molecule has 0 aliphatic carbocycles. The molecule has 8 nitrogen and oxygen atoms in total. The van der Waals surface area contributed by atoms with Crippen molar-refractivity contribution in [1.29, 1.82) is 0 Å². The average molecular weight is 307 g/mol. The standard InChI is InChI=1S/C11H21N3O5S/c1-6(15)9(14-8(16)5-12)10(17)13-7(11(18)19)3-4-20-2/h6-7,9,15H,3-5,12H2,1-2H3,(H,13,17)(H,14,16)(H,18,19)/t6-,7+,9+/m1/s1. The first-order valence-electron chi connectivity index (χ1n) is 6.03. The van der Waals surface area contributed by atoms with Gasteiger partial charge in [0, 0.05) is 0 Å². The molecule has 0 bridgehead atoms. The zero-order chi connectivity index (χ0) is 15.7. The predicted molar refractivity (Wildman–Crippen MR) is 75.2 cm³/mol. The summed E-state index contributed by atoms with van der Waals surface area (Å²) in [6.45, 7) is 0.990. The van der Waals surface area contributed by atoms with Crippen LogP contribution in [0.1, 0.15) is 13.3 Å². The van der Waals surface area contributed by atoms with Crippen LogP contribution in [0.2, 0.25) is 0 Å². The van der Waals surface area contributed by atoms with E-state index in [2.05, 4.69) is 10.6 Å². The molecule has 0 saturated carbocycles. The number of amides is 2. The molecule has 0 radical (unpaired) electrons. The second-order valence-corrected chi connectivity index (χ2v) is 5.16. The van der Waals surface area contributed by atoms with Crippen LogP contribution in [0.3, 0.4) is 0 Å². The van der Waals surface area contributed by atoms with Crippen molar-refractivity contribution in [2.45, 2.75) is 31.5 Å². The van der Waals surface area contributed by atoms with E-state index in [0.717, 1.165) is 0 Å². The van der Waals surface area contributed by atoms with E-state index in [-0.39, 0.29) is 13.0 Å². The number of carboxylic acid groups (broad SMARTS) is 1. The first-order chi connectivity index (χ1) is 9.33. The molecule has 0 spiro atoms. The van der Waals surface area contributed by atoms with Gasteiger partial charge in [0.1, 0.15) is 12.1 Å². The van der Waals surface area contributed by atoms with Crippen molar-refractivity contribution in [2.75, 3.05) is 18.6 Å². The van der Waals surface area contributed by atoms with E-state index in [4.69, 9.17) is 10.8 Å². The third-order valence-corrected chi connectivity index (χ3v) is 3.14. The van der Waals surface area contributed by atoms with Gasteiger partial charge in [0.15, 0.2) is 0 Å². The summed E-state index contributed by atoms with van der Waals surface area (Å²) in [5, 5.41) is 23.0. The fourth-order valence-corrected chi connectivity index (χ4v) is 1.86. The number of thioether (sulfide) groups is 1. The smallest absolute Gasteiger partial charge is 0.326 e. The summed E-state index contributed by atoms with van der Waals surface area (Å²) in [6.07, 6.45) is 0.904. The van der Waals surface area contributed by atoms with Crippen LogP contribution >= 0.6 is 11.8 Å². The average Bonchev–Trinajstić information content (AvgIpc) is 2.39. The van der Waals surface area contributed by atoms with E-state index >= 15 is 0 Å². The highest BCUT2D eigenvalue weighted by atomic mass is 32.2. The molecule has 6 N–H and O–H groups in total. The minimum atomic E-state index is -1.23. The zero-order valence-electron chi connectivity index (χ0n) is 11.5. The highest BCUT2D eigenvalue weighted by molar-refractivity contribution is 7.98. The minimum absolute atomic E-state index is 0.250. The fourth-order valence-electron chi connectivity index (χ4n) is 1.39. The molecule has 3 atom stereocenters. The van der Waals surface area contributed by atoms with Crippen LogP contribution in [0.4, 0.5) is 0 Å². The van der Waals surface area contributed by atoms with Gasteiger partial charge in [-0.3, -0.25) is 9.59 Å². The van der Waals surface area contributed by atoms with Gasteiger partial charge in [-0.05, 0) is 25.4 Å². The van der Waals surface area contributed by atoms with Crippen LogP contribution < -0.4 is 16.4 Å². The topological polar surface area (TPSA) is 142 Å². The van der Waals surface area contributed by atoms with Crippen molar-refractivity contribution in [3.8, 4) is 0 Å². The summed E-state index contributed by atoms with van der Waals surface area (Å²) in [7, 11) is 0. The number of aliphatic hydroxyl groups excluding tert-OH is 1. The number of carbonyl (C=O) groups excluding carboxylic acids is 2. The maximum atomic E-state index is 11.9. The lowest BCUT2D eigenvalue weighted by Crippen LogP contribution is -2.56. The Labute approximate surface area is 121 Å². The van der Waals surface area contributed by atoms with Crippen molar-refractivity contribution < 1.29 is 24.6 Å². The van der Waals surface area contributed by atoms with Crippen LogP contribution in [-0.4, -0.2) is 64.7 Å². The summed E-state index contributed by atoms with van der Waals surface area (Å²) in [4.78, 5) is 34.1. The quantitative estimate of drug-likeness (QED) is 0.336. The second kappa shape index (κ2) is 9.56. The van der Waals surface area contributed by atoms with Crippen LogP contribution in [0.25, 0.3) is 0 Å². The SMILES string of the molecule is CSCC[C@H](NC(=O)[C@@H](NC(=O)CN)[C@@H](C)O)C(=O)O. The van der Waals surface area contributed by atoms with Gasteiger partial charge in [0.25, 0.3) is 0 Å². The number of hydrogen-bond donors (Lipinski definition) is 5. The molecule has 0 aromatic rings. The molecule has 2 amide bonds. The monoisotopic (exact) mass is 307 g/mol. The van der Waals surface area contributed by atoms with Gasteiger partial charge in [0.05, 0.1) is 12.6 Å². The Bertz CT molecular complexity index is 351. The summed E-state index contributed by atoms with van der Waals surface area (Å²) >= 11 is 1.45. The Balaban J connectivity index is 4.70. The molecule has 0 unspecified atom stereocenters. The van der Waals surface area contributed by atoms with E-state index in [1.807, 2.05) is 6.26 Å². The molecule has 0 fully saturated rings. The molecular weight excluding hydrogens is 286 g/mol. The number of rotatable bonds is 9. The Morgan fingerprint density at radius 3 is 2.30 bits per heavy atom. The summed E-state index contributed by atoms with van der Waals surface area (Å²) < 4.78 is 0. The van der Waals surface area contributed by atoms with E-state index in [1.54, 1.807) is 0 Å². The highest BCUT2D eigenvalue weighted by Crippen LogP contribution is 2.02. The van der Waals surface area contributed by atoms with Crippen molar-refractivity contribution in [1.82, 2.24) is 10.6 Å². The third-order valence-electron chi connectivity index (χ3n) is 2.49. The summed E-state index contributed by atoms with van der Waals surface area (Å²) in [6, 6.07) is -2.30. The first-order valence-corrected chi connectivity index (χ1v) is 7.42. The van der Waals surface area contributed by atoms with E-state index in [1.165, 1.54) is 18.7 Å². The lowest BCUT2D eigenvalue weighted by molar-refractivity contribution is -0.142. The number of carbonyl (C=O) groups is 3. The largest absolute Gasteiger partial charge is 0.480 e. The second-order valence-electron chi connectivity index (χ2n) is 4.17. The molecule has 0 heterocycles. The molecular formula is C11H21N3O5S. The van der Waals surface area contributed by atoms with Crippen LogP contribution in [-0.2, 0) is 14.4 Å². The Morgan fingerprint density at radius 2 is 1.90 bits per heavy atom. The normalized spacial score (nSPS) is 15.0. The summed E-state index contributed by atoms with van der Waals surface area (Å²) in [5.41, 5.74) is 5.11. The van der Waals surface area contributed by atoms with Crippen molar-refractivity contribution in [3.63, 3.8) is 0 Å². The van der Waals surface area contributed by atoms with Crippen molar-refractivity contribution in [3.05, 3.63) is 0 Å². The number of carboxylic acids is 1.